The van der Waals surface area contributed by atoms with Crippen LogP contribution in [0.3, 0.4) is 0 Å². The minimum atomic E-state index is -0.440. The van der Waals surface area contributed by atoms with Crippen LogP contribution >= 0.6 is 0 Å². The van der Waals surface area contributed by atoms with Crippen LogP contribution in [-0.4, -0.2) is 23.6 Å². The number of amides is 2. The molecule has 7 heteroatoms. The van der Waals surface area contributed by atoms with Gasteiger partial charge in [0.1, 0.15) is 5.82 Å². The van der Waals surface area contributed by atoms with Gasteiger partial charge in [0.25, 0.3) is 5.91 Å². The summed E-state index contributed by atoms with van der Waals surface area (Å²) in [5.41, 5.74) is 4.11. The number of unbranched alkanes of at least 4 members (excludes halogenated alkanes) is 2. The van der Waals surface area contributed by atoms with E-state index in [0.29, 0.717) is 25.0 Å². The number of hydrogen-bond donors (Lipinski definition) is 3. The first-order valence-electron chi connectivity index (χ1n) is 6.24. The molecule has 20 heavy (non-hydrogen) atoms. The predicted octanol–water partition coefficient (Wildman–Crippen LogP) is 1.55. The van der Waals surface area contributed by atoms with Crippen LogP contribution in [0.4, 0.5) is 4.39 Å². The molecule has 0 aliphatic heterocycles. The summed E-state index contributed by atoms with van der Waals surface area (Å²) in [5, 5.41) is 8.27. The maximum atomic E-state index is 12.7. The maximum absolute atomic E-state index is 12.7. The predicted molar refractivity (Wildman–Crippen MR) is 68.2 cm³/mol. The molecule has 0 bridgehead atoms. The van der Waals surface area contributed by atoms with Gasteiger partial charge in [-0.25, -0.2) is 15.4 Å². The quantitative estimate of drug-likeness (QED) is 0.384. The summed E-state index contributed by atoms with van der Waals surface area (Å²) in [6, 6.07) is 5.12. The molecule has 0 saturated carbocycles. The van der Waals surface area contributed by atoms with Crippen LogP contribution in [0.2, 0.25) is 0 Å². The van der Waals surface area contributed by atoms with E-state index in [1.807, 2.05) is 0 Å². The Balaban J connectivity index is 2.08. The van der Waals surface area contributed by atoms with E-state index in [9.17, 15) is 14.0 Å². The van der Waals surface area contributed by atoms with Gasteiger partial charge in [0.15, 0.2) is 0 Å². The van der Waals surface area contributed by atoms with Crippen LogP contribution < -0.4 is 11.0 Å². The van der Waals surface area contributed by atoms with E-state index in [4.69, 9.17) is 10.0 Å². The van der Waals surface area contributed by atoms with E-state index < -0.39 is 17.6 Å². The zero-order valence-electron chi connectivity index (χ0n) is 10.9. The van der Waals surface area contributed by atoms with Gasteiger partial charge in [-0.3, -0.25) is 19.6 Å². The Labute approximate surface area is 115 Å². The fourth-order valence-corrected chi connectivity index (χ4v) is 1.47. The molecule has 110 valence electrons. The molecule has 0 aliphatic rings. The normalized spacial score (nSPS) is 10.1. The molecule has 0 aromatic heterocycles. The first-order chi connectivity index (χ1) is 9.63. The molecule has 0 aliphatic carbocycles. The van der Waals surface area contributed by atoms with Crippen molar-refractivity contribution in [1.82, 2.24) is 11.0 Å². The van der Waals surface area contributed by atoms with Gasteiger partial charge in [0, 0.05) is 12.0 Å². The van der Waals surface area contributed by atoms with Crippen molar-refractivity contribution in [3.8, 4) is 0 Å². The second-order valence-electron chi connectivity index (χ2n) is 4.13. The standard InChI is InChI=1S/C13H17FN2O4/c14-11-7-5-10(6-8-11)13(18)16-20-9-3-1-2-4-12(17)15-19/h5-8,19H,1-4,9H2,(H,15,17)(H,16,18). The van der Waals surface area contributed by atoms with Crippen LogP contribution in [0.25, 0.3) is 0 Å². The lowest BCUT2D eigenvalue weighted by atomic mass is 10.2. The molecule has 0 atom stereocenters. The summed E-state index contributed by atoms with van der Waals surface area (Å²) in [7, 11) is 0. The third-order valence-corrected chi connectivity index (χ3v) is 2.55. The smallest absolute Gasteiger partial charge is 0.274 e. The summed E-state index contributed by atoms with van der Waals surface area (Å²) in [6.07, 6.45) is 2.28. The molecule has 3 N–H and O–H groups in total. The van der Waals surface area contributed by atoms with Gasteiger partial charge in [0.2, 0.25) is 5.91 Å². The van der Waals surface area contributed by atoms with Gasteiger partial charge in [0.05, 0.1) is 6.61 Å². The number of hydroxylamine groups is 2. The molecular formula is C13H17FN2O4. The van der Waals surface area contributed by atoms with Gasteiger partial charge in [-0.05, 0) is 37.1 Å². The molecule has 0 fully saturated rings. The summed E-state index contributed by atoms with van der Waals surface area (Å²) in [6.45, 7) is 0.313. The van der Waals surface area contributed by atoms with Crippen molar-refractivity contribution in [1.29, 1.82) is 0 Å². The third-order valence-electron chi connectivity index (χ3n) is 2.55. The van der Waals surface area contributed by atoms with E-state index in [0.717, 1.165) is 6.42 Å². The Morgan fingerprint density at radius 3 is 2.50 bits per heavy atom. The lowest BCUT2D eigenvalue weighted by Crippen LogP contribution is -2.24. The Kier molecular flexibility index (Phi) is 7.23. The zero-order chi connectivity index (χ0) is 14.8. The second kappa shape index (κ2) is 9.00. The van der Waals surface area contributed by atoms with Gasteiger partial charge >= 0.3 is 0 Å². The highest BCUT2D eigenvalue weighted by molar-refractivity contribution is 5.93. The third kappa shape index (κ3) is 6.26. The van der Waals surface area contributed by atoms with Crippen molar-refractivity contribution in [3.63, 3.8) is 0 Å². The number of nitrogens with one attached hydrogen (secondary N) is 2. The monoisotopic (exact) mass is 284 g/mol. The second-order valence-corrected chi connectivity index (χ2v) is 4.13. The molecule has 1 aromatic carbocycles. The number of halogens is 1. The molecule has 0 spiro atoms. The average molecular weight is 284 g/mol. The van der Waals surface area contributed by atoms with E-state index in [1.54, 1.807) is 5.48 Å². The number of rotatable bonds is 8. The lowest BCUT2D eigenvalue weighted by Gasteiger charge is -2.05. The SMILES string of the molecule is O=C(CCCCCONC(=O)c1ccc(F)cc1)NO. The first kappa shape index (κ1) is 16.1. The van der Waals surface area contributed by atoms with Gasteiger partial charge in [-0.15, -0.1) is 0 Å². The molecule has 0 radical (unpaired) electrons. The van der Waals surface area contributed by atoms with Crippen molar-refractivity contribution in [2.75, 3.05) is 6.61 Å². The fraction of sp³-hybridized carbons (Fsp3) is 0.385. The number of benzene rings is 1. The molecule has 0 heterocycles. The number of carbonyl (C=O) groups is 2. The minimum absolute atomic E-state index is 0.248. The fourth-order valence-electron chi connectivity index (χ4n) is 1.47. The van der Waals surface area contributed by atoms with Crippen molar-refractivity contribution in [3.05, 3.63) is 35.6 Å². The molecule has 2 amide bonds. The van der Waals surface area contributed by atoms with Crippen LogP contribution in [0, 0.1) is 5.82 Å². The van der Waals surface area contributed by atoms with Crippen LogP contribution in [-0.2, 0) is 9.63 Å². The first-order valence-corrected chi connectivity index (χ1v) is 6.24. The molecular weight excluding hydrogens is 267 g/mol. The topological polar surface area (TPSA) is 87.7 Å². The molecule has 0 saturated heterocycles. The van der Waals surface area contributed by atoms with Crippen molar-refractivity contribution >= 4 is 11.8 Å². The number of hydrogen-bond acceptors (Lipinski definition) is 4. The molecule has 0 unspecified atom stereocenters. The van der Waals surface area contributed by atoms with Crippen LogP contribution in [0.1, 0.15) is 36.0 Å². The Hall–Kier alpha value is -1.99. The highest BCUT2D eigenvalue weighted by Gasteiger charge is 2.05. The Morgan fingerprint density at radius 2 is 1.85 bits per heavy atom. The van der Waals surface area contributed by atoms with Crippen LogP contribution in [0.5, 0.6) is 0 Å². The van der Waals surface area contributed by atoms with E-state index >= 15 is 0 Å². The summed E-state index contributed by atoms with van der Waals surface area (Å²) < 4.78 is 12.7. The van der Waals surface area contributed by atoms with Gasteiger partial charge < -0.3 is 0 Å². The van der Waals surface area contributed by atoms with Crippen molar-refractivity contribution in [2.45, 2.75) is 25.7 Å². The molecule has 6 nitrogen and oxygen atoms in total. The lowest BCUT2D eigenvalue weighted by molar-refractivity contribution is -0.129. The maximum Gasteiger partial charge on any atom is 0.274 e. The van der Waals surface area contributed by atoms with E-state index in [2.05, 4.69) is 5.48 Å². The summed E-state index contributed by atoms with van der Waals surface area (Å²) in [5.74, 6) is -1.27. The molecule has 1 rings (SSSR count). The average Bonchev–Trinajstić information content (AvgIpc) is 2.46. The Morgan fingerprint density at radius 1 is 1.15 bits per heavy atom. The van der Waals surface area contributed by atoms with Crippen molar-refractivity contribution in [2.24, 2.45) is 0 Å². The highest BCUT2D eigenvalue weighted by Crippen LogP contribution is 2.03. The molecule has 1 aromatic rings. The van der Waals surface area contributed by atoms with E-state index in [-0.39, 0.29) is 6.42 Å². The number of carbonyl (C=O) groups excluding carboxylic acids is 2. The Bertz CT molecular complexity index is 437. The van der Waals surface area contributed by atoms with E-state index in [1.165, 1.54) is 24.3 Å². The van der Waals surface area contributed by atoms with Crippen molar-refractivity contribution < 1.29 is 24.0 Å². The highest BCUT2D eigenvalue weighted by atomic mass is 19.1. The summed E-state index contributed by atoms with van der Waals surface area (Å²) in [4.78, 5) is 27.2. The zero-order valence-corrected chi connectivity index (χ0v) is 10.9. The van der Waals surface area contributed by atoms with Crippen LogP contribution in [0.15, 0.2) is 24.3 Å². The minimum Gasteiger partial charge on any atom is -0.289 e. The largest absolute Gasteiger partial charge is 0.289 e. The van der Waals surface area contributed by atoms with Gasteiger partial charge in [-0.1, -0.05) is 6.42 Å². The summed E-state index contributed by atoms with van der Waals surface area (Å²) >= 11 is 0. The van der Waals surface area contributed by atoms with Gasteiger partial charge in [-0.2, -0.15) is 0 Å².